The number of amides is 1. The minimum atomic E-state index is -4.35. The molecule has 0 atom stereocenters. The van der Waals surface area contributed by atoms with Gasteiger partial charge in [0.05, 0.1) is 12.6 Å². The van der Waals surface area contributed by atoms with Gasteiger partial charge in [-0.1, -0.05) is 5.21 Å². The molecule has 0 aliphatic carbocycles. The molecule has 2 N–H and O–H groups in total. The molecule has 18 heavy (non-hydrogen) atoms. The molecule has 0 fully saturated rings. The molecule has 1 amide bonds. The van der Waals surface area contributed by atoms with Gasteiger partial charge < -0.3 is 10.4 Å². The number of hydrogen-bond donors (Lipinski definition) is 2. The molecule has 7 nitrogen and oxygen atoms in total. The Balaban J connectivity index is 2.47. The molecule has 1 rings (SSSR count). The van der Waals surface area contributed by atoms with Crippen LogP contribution in [0.25, 0.3) is 0 Å². The number of nitrogens with zero attached hydrogens (tertiary/aromatic N) is 3. The molecular weight excluding hydrogens is 257 g/mol. The van der Waals surface area contributed by atoms with Gasteiger partial charge in [-0.2, -0.15) is 13.2 Å². The van der Waals surface area contributed by atoms with Gasteiger partial charge in [-0.05, 0) is 0 Å². The number of aromatic nitrogens is 3. The fourth-order valence-corrected chi connectivity index (χ4v) is 1.03. The minimum absolute atomic E-state index is 0.238. The van der Waals surface area contributed by atoms with Gasteiger partial charge in [0, 0.05) is 6.54 Å². The Bertz CT molecular complexity index is 443. The van der Waals surface area contributed by atoms with Crippen molar-refractivity contribution >= 4 is 11.9 Å². The number of carboxylic acid groups (broad SMARTS) is 1. The lowest BCUT2D eigenvalue weighted by molar-refractivity contribution is -0.138. The third-order valence-electron chi connectivity index (χ3n) is 1.76. The van der Waals surface area contributed by atoms with E-state index in [1.807, 2.05) is 5.32 Å². The van der Waals surface area contributed by atoms with Crippen LogP contribution in [-0.2, 0) is 11.3 Å². The number of hydrogen-bond acceptors (Lipinski definition) is 4. The summed E-state index contributed by atoms with van der Waals surface area (Å²) in [4.78, 5) is 21.6. The number of rotatable bonds is 5. The third kappa shape index (κ3) is 4.80. The Morgan fingerprint density at radius 3 is 2.67 bits per heavy atom. The van der Waals surface area contributed by atoms with Crippen LogP contribution in [0.5, 0.6) is 0 Å². The van der Waals surface area contributed by atoms with E-state index in [1.54, 1.807) is 0 Å². The second-order valence-electron chi connectivity index (χ2n) is 3.32. The van der Waals surface area contributed by atoms with Crippen LogP contribution in [0.1, 0.15) is 16.9 Å². The molecule has 10 heteroatoms. The smallest absolute Gasteiger partial charge is 0.390 e. The van der Waals surface area contributed by atoms with E-state index in [0.717, 1.165) is 10.9 Å². The van der Waals surface area contributed by atoms with Gasteiger partial charge in [-0.3, -0.25) is 9.59 Å². The normalized spacial score (nSPS) is 11.3. The number of carboxylic acids is 1. The molecular formula is C8H9F3N4O3. The van der Waals surface area contributed by atoms with Gasteiger partial charge in [0.15, 0.2) is 5.69 Å². The van der Waals surface area contributed by atoms with Crippen molar-refractivity contribution in [3.8, 4) is 0 Å². The molecule has 1 heterocycles. The molecule has 0 radical (unpaired) electrons. The summed E-state index contributed by atoms with van der Waals surface area (Å²) in [5, 5.41) is 17.1. The van der Waals surface area contributed by atoms with E-state index in [9.17, 15) is 22.8 Å². The first kappa shape index (κ1) is 13.9. The van der Waals surface area contributed by atoms with E-state index in [0.29, 0.717) is 0 Å². The zero-order chi connectivity index (χ0) is 13.8. The quantitative estimate of drug-likeness (QED) is 0.784. The standard InChI is InChI=1S/C8H9F3N4O3/c9-8(10,11)1-2-12-7(18)5-3-15(14-13-5)4-6(16)17/h3H,1-2,4H2,(H,12,18)(H,16,17). The fraction of sp³-hybridized carbons (Fsp3) is 0.500. The molecule has 1 aromatic rings. The number of carbonyl (C=O) groups is 2. The highest BCUT2D eigenvalue weighted by molar-refractivity contribution is 5.91. The molecule has 100 valence electrons. The molecule has 0 unspecified atom stereocenters. The summed E-state index contributed by atoms with van der Waals surface area (Å²) in [6.45, 7) is -1.06. The van der Waals surface area contributed by atoms with Crippen LogP contribution in [0.4, 0.5) is 13.2 Å². The van der Waals surface area contributed by atoms with Crippen molar-refractivity contribution in [2.75, 3.05) is 6.54 Å². The topological polar surface area (TPSA) is 97.1 Å². The van der Waals surface area contributed by atoms with Crippen LogP contribution in [0, 0.1) is 0 Å². The zero-order valence-corrected chi connectivity index (χ0v) is 8.94. The average Bonchev–Trinajstić information content (AvgIpc) is 2.63. The highest BCUT2D eigenvalue weighted by Crippen LogP contribution is 2.18. The first-order chi connectivity index (χ1) is 8.28. The predicted octanol–water partition coefficient (Wildman–Crippen LogP) is 0.0449. The van der Waals surface area contributed by atoms with Crippen LogP contribution in [0.3, 0.4) is 0 Å². The Hall–Kier alpha value is -2.13. The van der Waals surface area contributed by atoms with Gasteiger partial charge >= 0.3 is 12.1 Å². The average molecular weight is 266 g/mol. The van der Waals surface area contributed by atoms with Crippen LogP contribution in [0.2, 0.25) is 0 Å². The molecule has 0 spiro atoms. The molecule has 0 saturated carbocycles. The van der Waals surface area contributed by atoms with Crippen molar-refractivity contribution in [2.45, 2.75) is 19.1 Å². The Labute approximate surface area is 98.6 Å². The maximum absolute atomic E-state index is 11.8. The molecule has 0 bridgehead atoms. The van der Waals surface area contributed by atoms with Crippen molar-refractivity contribution < 1.29 is 27.9 Å². The monoisotopic (exact) mass is 266 g/mol. The molecule has 0 aromatic carbocycles. The van der Waals surface area contributed by atoms with Crippen LogP contribution < -0.4 is 5.32 Å². The summed E-state index contributed by atoms with van der Waals surface area (Å²) < 4.78 is 36.3. The number of halogens is 3. The van der Waals surface area contributed by atoms with E-state index >= 15 is 0 Å². The summed E-state index contributed by atoms with van der Waals surface area (Å²) >= 11 is 0. The maximum Gasteiger partial charge on any atom is 0.390 e. The van der Waals surface area contributed by atoms with Crippen LogP contribution >= 0.6 is 0 Å². The molecule has 0 saturated heterocycles. The highest BCUT2D eigenvalue weighted by atomic mass is 19.4. The Morgan fingerprint density at radius 2 is 2.11 bits per heavy atom. The van der Waals surface area contributed by atoms with Crippen LogP contribution in [-0.4, -0.2) is 44.7 Å². The molecule has 0 aliphatic heterocycles. The summed E-state index contributed by atoms with van der Waals surface area (Å²) in [6, 6.07) is 0. The van der Waals surface area contributed by atoms with Gasteiger partial charge in [0.2, 0.25) is 0 Å². The molecule has 1 aromatic heterocycles. The summed E-state index contributed by atoms with van der Waals surface area (Å²) in [7, 11) is 0. The molecule has 0 aliphatic rings. The van der Waals surface area contributed by atoms with Crippen molar-refractivity contribution in [1.82, 2.24) is 20.3 Å². The summed E-state index contributed by atoms with van der Waals surface area (Å²) in [5.41, 5.74) is -0.238. The lowest BCUT2D eigenvalue weighted by atomic mass is 10.4. The zero-order valence-electron chi connectivity index (χ0n) is 8.94. The third-order valence-corrected chi connectivity index (χ3v) is 1.76. The van der Waals surface area contributed by atoms with Gasteiger partial charge in [-0.15, -0.1) is 5.10 Å². The van der Waals surface area contributed by atoms with E-state index in [4.69, 9.17) is 5.11 Å². The SMILES string of the molecule is O=C(O)Cn1cc(C(=O)NCCC(F)(F)F)nn1. The number of aliphatic carboxylic acids is 1. The Kier molecular flexibility index (Phi) is 4.23. The van der Waals surface area contributed by atoms with Crippen molar-refractivity contribution in [3.63, 3.8) is 0 Å². The first-order valence-corrected chi connectivity index (χ1v) is 4.75. The Morgan fingerprint density at radius 1 is 1.44 bits per heavy atom. The predicted molar refractivity (Wildman–Crippen MR) is 50.7 cm³/mol. The highest BCUT2D eigenvalue weighted by Gasteiger charge is 2.26. The van der Waals surface area contributed by atoms with Crippen molar-refractivity contribution in [1.29, 1.82) is 0 Å². The minimum Gasteiger partial charge on any atom is -0.480 e. The lowest BCUT2D eigenvalue weighted by Gasteiger charge is -2.06. The van der Waals surface area contributed by atoms with Gasteiger partial charge in [0.1, 0.15) is 6.54 Å². The van der Waals surface area contributed by atoms with Crippen molar-refractivity contribution in [3.05, 3.63) is 11.9 Å². The first-order valence-electron chi connectivity index (χ1n) is 4.75. The van der Waals surface area contributed by atoms with Gasteiger partial charge in [0.25, 0.3) is 5.91 Å². The van der Waals surface area contributed by atoms with Crippen molar-refractivity contribution in [2.24, 2.45) is 0 Å². The van der Waals surface area contributed by atoms with E-state index in [-0.39, 0.29) is 5.69 Å². The van der Waals surface area contributed by atoms with E-state index in [2.05, 4.69) is 10.3 Å². The number of carbonyl (C=O) groups excluding carboxylic acids is 1. The number of alkyl halides is 3. The fourth-order valence-electron chi connectivity index (χ4n) is 1.03. The second-order valence-corrected chi connectivity index (χ2v) is 3.32. The van der Waals surface area contributed by atoms with E-state index in [1.165, 1.54) is 0 Å². The summed E-state index contributed by atoms with van der Waals surface area (Å²) in [6.07, 6.45) is -4.47. The largest absolute Gasteiger partial charge is 0.480 e. The van der Waals surface area contributed by atoms with Gasteiger partial charge in [-0.25, -0.2) is 4.68 Å². The maximum atomic E-state index is 11.8. The summed E-state index contributed by atoms with van der Waals surface area (Å²) in [5.74, 6) is -2.01. The van der Waals surface area contributed by atoms with E-state index < -0.39 is 37.6 Å². The number of nitrogens with one attached hydrogen (secondary N) is 1. The van der Waals surface area contributed by atoms with Crippen LogP contribution in [0.15, 0.2) is 6.20 Å². The lowest BCUT2D eigenvalue weighted by Crippen LogP contribution is -2.28. The second kappa shape index (κ2) is 5.47.